The molecule has 2 aromatic heterocycles. The second-order valence-corrected chi connectivity index (χ2v) is 7.05. The van der Waals surface area contributed by atoms with Crippen molar-refractivity contribution < 1.29 is 22.4 Å². The molecule has 0 aromatic carbocycles. The number of aromatic nitrogens is 1. The molecule has 0 aliphatic rings. The topological polar surface area (TPSA) is 91.5 Å². The van der Waals surface area contributed by atoms with Gasteiger partial charge in [0.25, 0.3) is 5.91 Å². The summed E-state index contributed by atoms with van der Waals surface area (Å²) in [6, 6.07) is 1.73. The van der Waals surface area contributed by atoms with Gasteiger partial charge in [0, 0.05) is 43.5 Å². The Morgan fingerprint density at radius 3 is 2.69 bits per heavy atom. The normalized spacial score (nSPS) is 12.1. The SMILES string of the molecule is CCNC(=NCCCNC(=O)c1occc1C)NCCc1nc(C(F)(F)F)cs1. The largest absolute Gasteiger partial charge is 0.459 e. The van der Waals surface area contributed by atoms with Crippen molar-refractivity contribution in [1.82, 2.24) is 20.9 Å². The first kappa shape index (κ1) is 22.7. The number of thiazole rings is 1. The van der Waals surface area contributed by atoms with Crippen LogP contribution in [0.25, 0.3) is 0 Å². The van der Waals surface area contributed by atoms with Crippen LogP contribution in [0.3, 0.4) is 0 Å². The summed E-state index contributed by atoms with van der Waals surface area (Å²) in [6.45, 7) is 5.69. The molecule has 0 saturated heterocycles. The second-order valence-electron chi connectivity index (χ2n) is 6.10. The Morgan fingerprint density at radius 1 is 1.28 bits per heavy atom. The van der Waals surface area contributed by atoms with Crippen molar-refractivity contribution >= 4 is 23.2 Å². The quantitative estimate of drug-likeness (QED) is 0.323. The van der Waals surface area contributed by atoms with Crippen molar-refractivity contribution in [2.75, 3.05) is 26.2 Å². The predicted molar refractivity (Wildman–Crippen MR) is 105 cm³/mol. The Kier molecular flexibility index (Phi) is 8.50. The Bertz CT molecular complexity index is 817. The first-order chi connectivity index (χ1) is 13.8. The van der Waals surface area contributed by atoms with Gasteiger partial charge in [0.2, 0.25) is 0 Å². The first-order valence-corrected chi connectivity index (χ1v) is 10.0. The minimum absolute atomic E-state index is 0.261. The van der Waals surface area contributed by atoms with Crippen molar-refractivity contribution in [2.24, 2.45) is 4.99 Å². The summed E-state index contributed by atoms with van der Waals surface area (Å²) in [6.07, 6.45) is -1.95. The number of halogens is 3. The van der Waals surface area contributed by atoms with Gasteiger partial charge >= 0.3 is 6.18 Å². The van der Waals surface area contributed by atoms with E-state index >= 15 is 0 Å². The van der Waals surface area contributed by atoms with Crippen molar-refractivity contribution in [3.8, 4) is 0 Å². The number of alkyl halides is 3. The number of nitrogens with one attached hydrogen (secondary N) is 3. The lowest BCUT2D eigenvalue weighted by Gasteiger charge is -2.10. The number of furan rings is 1. The molecule has 0 atom stereocenters. The lowest BCUT2D eigenvalue weighted by Crippen LogP contribution is -2.38. The van der Waals surface area contributed by atoms with Crippen LogP contribution < -0.4 is 16.0 Å². The molecule has 2 aromatic rings. The minimum atomic E-state index is -4.41. The Morgan fingerprint density at radius 2 is 2.07 bits per heavy atom. The maximum Gasteiger partial charge on any atom is 0.434 e. The molecule has 2 rings (SSSR count). The second kappa shape index (κ2) is 10.8. The van der Waals surface area contributed by atoms with E-state index in [-0.39, 0.29) is 5.91 Å². The van der Waals surface area contributed by atoms with Crippen LogP contribution in [-0.2, 0) is 12.6 Å². The lowest BCUT2D eigenvalue weighted by atomic mass is 10.2. The highest BCUT2D eigenvalue weighted by Gasteiger charge is 2.33. The summed E-state index contributed by atoms with van der Waals surface area (Å²) < 4.78 is 42.8. The van der Waals surface area contributed by atoms with Crippen LogP contribution in [0, 0.1) is 6.92 Å². The summed E-state index contributed by atoms with van der Waals surface area (Å²) in [5.41, 5.74) is -0.0772. The molecule has 2 heterocycles. The summed E-state index contributed by atoms with van der Waals surface area (Å²) in [5, 5.41) is 10.3. The number of hydrogen-bond acceptors (Lipinski definition) is 5. The van der Waals surface area contributed by atoms with Crippen molar-refractivity contribution in [3.05, 3.63) is 39.7 Å². The molecule has 3 N–H and O–H groups in total. The third-order valence-corrected chi connectivity index (χ3v) is 4.68. The lowest BCUT2D eigenvalue weighted by molar-refractivity contribution is -0.140. The van der Waals surface area contributed by atoms with Crippen LogP contribution in [0.4, 0.5) is 13.2 Å². The Labute approximate surface area is 170 Å². The fourth-order valence-electron chi connectivity index (χ4n) is 2.34. The molecule has 0 bridgehead atoms. The van der Waals surface area contributed by atoms with Gasteiger partial charge in [-0.05, 0) is 26.3 Å². The molecule has 29 heavy (non-hydrogen) atoms. The number of carbonyl (C=O) groups is 1. The highest BCUT2D eigenvalue weighted by Crippen LogP contribution is 2.29. The Balaban J connectivity index is 1.71. The third-order valence-electron chi connectivity index (χ3n) is 3.78. The maximum absolute atomic E-state index is 12.6. The molecule has 0 fully saturated rings. The number of guanidine groups is 1. The van der Waals surface area contributed by atoms with Crippen LogP contribution in [0.15, 0.2) is 27.1 Å². The zero-order valence-corrected chi connectivity index (χ0v) is 17.0. The molecule has 0 unspecified atom stereocenters. The average molecular weight is 431 g/mol. The summed E-state index contributed by atoms with van der Waals surface area (Å²) >= 11 is 0.989. The Hall–Kier alpha value is -2.56. The molecule has 0 spiro atoms. The fourth-order valence-corrected chi connectivity index (χ4v) is 3.15. The van der Waals surface area contributed by atoms with Gasteiger partial charge in [0.15, 0.2) is 17.4 Å². The van der Waals surface area contributed by atoms with Gasteiger partial charge in [0.1, 0.15) is 0 Å². The zero-order valence-electron chi connectivity index (χ0n) is 16.2. The van der Waals surface area contributed by atoms with Crippen molar-refractivity contribution in [1.29, 1.82) is 0 Å². The van der Waals surface area contributed by atoms with Gasteiger partial charge in [-0.2, -0.15) is 13.2 Å². The monoisotopic (exact) mass is 431 g/mol. The smallest absolute Gasteiger partial charge is 0.434 e. The van der Waals surface area contributed by atoms with E-state index in [0.29, 0.717) is 55.7 Å². The van der Waals surface area contributed by atoms with Crippen LogP contribution >= 0.6 is 11.3 Å². The number of nitrogens with zero attached hydrogens (tertiary/aromatic N) is 2. The molecule has 0 radical (unpaired) electrons. The molecule has 11 heteroatoms. The van der Waals surface area contributed by atoms with Crippen LogP contribution in [0.1, 0.15) is 40.2 Å². The standard InChI is InChI=1S/C18H24F3N5O2S/c1-3-22-17(25-9-5-14-26-13(11-29-14)18(19,20)21)24-8-4-7-23-16(27)15-12(2)6-10-28-15/h6,10-11H,3-5,7-9H2,1-2H3,(H,23,27)(H2,22,24,25). The molecule has 7 nitrogen and oxygen atoms in total. The van der Waals surface area contributed by atoms with E-state index < -0.39 is 11.9 Å². The van der Waals surface area contributed by atoms with Crippen LogP contribution in [-0.4, -0.2) is 43.0 Å². The third kappa shape index (κ3) is 7.41. The molecule has 0 aliphatic heterocycles. The highest BCUT2D eigenvalue weighted by atomic mass is 32.1. The average Bonchev–Trinajstić information content (AvgIpc) is 3.30. The van der Waals surface area contributed by atoms with Gasteiger partial charge < -0.3 is 20.4 Å². The summed E-state index contributed by atoms with van der Waals surface area (Å²) in [5.74, 6) is 0.607. The van der Waals surface area contributed by atoms with Gasteiger partial charge in [0.05, 0.1) is 11.3 Å². The number of hydrogen-bond donors (Lipinski definition) is 3. The van der Waals surface area contributed by atoms with E-state index in [1.807, 2.05) is 6.92 Å². The first-order valence-electron chi connectivity index (χ1n) is 9.17. The summed E-state index contributed by atoms with van der Waals surface area (Å²) in [7, 11) is 0. The number of amides is 1. The maximum atomic E-state index is 12.6. The molecule has 0 aliphatic carbocycles. The molecular formula is C18H24F3N5O2S. The zero-order chi connectivity index (χ0) is 21.3. The van der Waals surface area contributed by atoms with E-state index in [2.05, 4.69) is 25.9 Å². The number of aliphatic imine (C=N–C) groups is 1. The number of carbonyl (C=O) groups excluding carboxylic acids is 1. The minimum Gasteiger partial charge on any atom is -0.459 e. The van der Waals surface area contributed by atoms with Gasteiger partial charge in [-0.15, -0.1) is 11.3 Å². The van der Waals surface area contributed by atoms with Gasteiger partial charge in [-0.25, -0.2) is 4.98 Å². The number of rotatable bonds is 9. The fraction of sp³-hybridized carbons (Fsp3) is 0.500. The van der Waals surface area contributed by atoms with Gasteiger partial charge in [-0.1, -0.05) is 0 Å². The van der Waals surface area contributed by atoms with E-state index in [1.54, 1.807) is 13.0 Å². The summed E-state index contributed by atoms with van der Waals surface area (Å²) in [4.78, 5) is 19.9. The van der Waals surface area contributed by atoms with Crippen LogP contribution in [0.5, 0.6) is 0 Å². The van der Waals surface area contributed by atoms with Crippen LogP contribution in [0.2, 0.25) is 0 Å². The molecule has 0 saturated carbocycles. The molecular weight excluding hydrogens is 407 g/mol. The molecule has 1 amide bonds. The van der Waals surface area contributed by atoms with E-state index in [9.17, 15) is 18.0 Å². The van der Waals surface area contributed by atoms with E-state index in [4.69, 9.17) is 4.42 Å². The van der Waals surface area contributed by atoms with Crippen molar-refractivity contribution in [2.45, 2.75) is 32.9 Å². The van der Waals surface area contributed by atoms with Gasteiger partial charge in [-0.3, -0.25) is 9.79 Å². The predicted octanol–water partition coefficient (Wildman–Crippen LogP) is 2.98. The van der Waals surface area contributed by atoms with Crippen molar-refractivity contribution in [3.63, 3.8) is 0 Å². The highest BCUT2D eigenvalue weighted by molar-refractivity contribution is 7.09. The number of aryl methyl sites for hydroxylation is 1. The van der Waals surface area contributed by atoms with E-state index in [0.717, 1.165) is 22.3 Å². The molecule has 160 valence electrons. The van der Waals surface area contributed by atoms with E-state index in [1.165, 1.54) is 6.26 Å².